The van der Waals surface area contributed by atoms with Gasteiger partial charge in [-0.25, -0.2) is 4.68 Å². The molecule has 3 aromatic rings. The van der Waals surface area contributed by atoms with E-state index >= 15 is 0 Å². The number of carbonyl (C=O) groups is 1. The Kier molecular flexibility index (Phi) is 4.99. The van der Waals surface area contributed by atoms with Crippen molar-refractivity contribution in [3.05, 3.63) is 66.5 Å². The lowest BCUT2D eigenvalue weighted by Gasteiger charge is -2.13. The third kappa shape index (κ3) is 3.98. The first kappa shape index (κ1) is 16.6. The second kappa shape index (κ2) is 7.53. The lowest BCUT2D eigenvalue weighted by Crippen LogP contribution is -2.22. The molecule has 0 aliphatic carbocycles. The van der Waals surface area contributed by atoms with Gasteiger partial charge in [0, 0.05) is 18.1 Å². The minimum Gasteiger partial charge on any atom is -0.495 e. The molecule has 6 nitrogen and oxygen atoms in total. The quantitative estimate of drug-likeness (QED) is 0.725. The molecular weight excluding hydrogens is 316 g/mol. The van der Waals surface area contributed by atoms with Crippen molar-refractivity contribution in [2.75, 3.05) is 24.3 Å². The summed E-state index contributed by atoms with van der Waals surface area (Å²) >= 11 is 0. The molecule has 1 heterocycles. The molecule has 1 amide bonds. The van der Waals surface area contributed by atoms with Gasteiger partial charge in [0.15, 0.2) is 0 Å². The summed E-state index contributed by atoms with van der Waals surface area (Å²) in [4.78, 5) is 12.2. The molecule has 0 unspecified atom stereocenters. The van der Waals surface area contributed by atoms with Crippen LogP contribution in [0.3, 0.4) is 0 Å². The van der Waals surface area contributed by atoms with Crippen molar-refractivity contribution in [2.24, 2.45) is 0 Å². The Labute approximate surface area is 146 Å². The number of hydrogen-bond acceptors (Lipinski definition) is 4. The van der Waals surface area contributed by atoms with E-state index in [1.165, 1.54) is 0 Å². The Morgan fingerprint density at radius 1 is 1.16 bits per heavy atom. The molecule has 2 N–H and O–H groups in total. The van der Waals surface area contributed by atoms with Gasteiger partial charge in [-0.2, -0.15) is 5.10 Å². The van der Waals surface area contributed by atoms with Crippen LogP contribution in [0.5, 0.6) is 5.75 Å². The number of hydrogen-bond donors (Lipinski definition) is 2. The molecule has 0 aliphatic heterocycles. The smallest absolute Gasteiger partial charge is 0.243 e. The lowest BCUT2D eigenvalue weighted by atomic mass is 10.2. The summed E-state index contributed by atoms with van der Waals surface area (Å²) in [5, 5.41) is 10.3. The highest BCUT2D eigenvalue weighted by molar-refractivity contribution is 5.95. The molecular formula is C19H20N4O2. The van der Waals surface area contributed by atoms with Crippen molar-refractivity contribution >= 4 is 17.3 Å². The van der Waals surface area contributed by atoms with E-state index in [2.05, 4.69) is 15.7 Å². The molecule has 0 saturated carbocycles. The van der Waals surface area contributed by atoms with Crippen LogP contribution in [0.2, 0.25) is 0 Å². The van der Waals surface area contributed by atoms with E-state index in [0.717, 1.165) is 16.9 Å². The lowest BCUT2D eigenvalue weighted by molar-refractivity contribution is -0.114. The third-order valence-corrected chi connectivity index (χ3v) is 3.81. The number of benzene rings is 2. The fourth-order valence-corrected chi connectivity index (χ4v) is 2.48. The summed E-state index contributed by atoms with van der Waals surface area (Å²) in [7, 11) is 1.58. The molecule has 0 radical (unpaired) electrons. The highest BCUT2D eigenvalue weighted by Gasteiger charge is 2.08. The van der Waals surface area contributed by atoms with E-state index < -0.39 is 0 Å². The van der Waals surface area contributed by atoms with Crippen molar-refractivity contribution in [3.63, 3.8) is 0 Å². The Bertz CT molecular complexity index is 860. The average molecular weight is 336 g/mol. The summed E-state index contributed by atoms with van der Waals surface area (Å²) in [5.74, 6) is 0.487. The molecule has 0 bridgehead atoms. The van der Waals surface area contributed by atoms with Gasteiger partial charge in [0.2, 0.25) is 5.91 Å². The highest BCUT2D eigenvalue weighted by atomic mass is 16.5. The second-order valence-corrected chi connectivity index (χ2v) is 5.55. The van der Waals surface area contributed by atoms with Crippen molar-refractivity contribution < 1.29 is 9.53 Å². The third-order valence-electron chi connectivity index (χ3n) is 3.81. The van der Waals surface area contributed by atoms with Crippen LogP contribution in [0.4, 0.5) is 11.4 Å². The molecule has 25 heavy (non-hydrogen) atoms. The standard InChI is InChI=1S/C19H20N4O2/c1-14-8-9-15(23-11-5-10-21-23)12-17(14)20-13-19(24)22-16-6-3-4-7-18(16)25-2/h3-12,20H,13H2,1-2H3,(H,22,24). The van der Waals surface area contributed by atoms with Gasteiger partial charge in [-0.15, -0.1) is 0 Å². The van der Waals surface area contributed by atoms with Gasteiger partial charge in [-0.05, 0) is 42.8 Å². The number of aryl methyl sites for hydroxylation is 1. The number of ether oxygens (including phenoxy) is 1. The van der Waals surface area contributed by atoms with Crippen LogP contribution in [0.1, 0.15) is 5.56 Å². The topological polar surface area (TPSA) is 68.2 Å². The first-order chi connectivity index (χ1) is 12.2. The largest absolute Gasteiger partial charge is 0.495 e. The average Bonchev–Trinajstić information content (AvgIpc) is 3.16. The van der Waals surface area contributed by atoms with Crippen molar-refractivity contribution in [3.8, 4) is 11.4 Å². The Morgan fingerprint density at radius 2 is 2.00 bits per heavy atom. The number of nitrogens with one attached hydrogen (secondary N) is 2. The monoisotopic (exact) mass is 336 g/mol. The van der Waals surface area contributed by atoms with Crippen molar-refractivity contribution in [2.45, 2.75) is 6.92 Å². The van der Waals surface area contributed by atoms with Gasteiger partial charge in [-0.3, -0.25) is 4.79 Å². The number of anilines is 2. The molecule has 3 rings (SSSR count). The van der Waals surface area contributed by atoms with Crippen LogP contribution in [0.15, 0.2) is 60.9 Å². The molecule has 2 aromatic carbocycles. The molecule has 0 fully saturated rings. The number of nitrogens with zero attached hydrogens (tertiary/aromatic N) is 2. The SMILES string of the molecule is COc1ccccc1NC(=O)CNc1cc(-n2cccn2)ccc1C. The zero-order valence-corrected chi connectivity index (χ0v) is 14.2. The van der Waals surface area contributed by atoms with Gasteiger partial charge in [0.25, 0.3) is 0 Å². The van der Waals surface area contributed by atoms with E-state index in [1.807, 2.05) is 49.5 Å². The van der Waals surface area contributed by atoms with Crippen LogP contribution < -0.4 is 15.4 Å². The maximum Gasteiger partial charge on any atom is 0.243 e. The molecule has 0 saturated heterocycles. The Hall–Kier alpha value is -3.28. The fraction of sp³-hybridized carbons (Fsp3) is 0.158. The number of carbonyl (C=O) groups excluding carboxylic acids is 1. The fourth-order valence-electron chi connectivity index (χ4n) is 2.48. The van der Waals surface area contributed by atoms with Crippen LogP contribution in [-0.2, 0) is 4.79 Å². The van der Waals surface area contributed by atoms with Crippen LogP contribution in [0, 0.1) is 6.92 Å². The van der Waals surface area contributed by atoms with E-state index in [1.54, 1.807) is 30.1 Å². The number of para-hydroxylation sites is 2. The van der Waals surface area contributed by atoms with Crippen LogP contribution >= 0.6 is 0 Å². The summed E-state index contributed by atoms with van der Waals surface area (Å²) in [6.45, 7) is 2.15. The van der Waals surface area contributed by atoms with Gasteiger partial charge in [0.1, 0.15) is 5.75 Å². The number of methoxy groups -OCH3 is 1. The van der Waals surface area contributed by atoms with Crippen LogP contribution in [0.25, 0.3) is 5.69 Å². The molecule has 128 valence electrons. The predicted molar refractivity (Wildman–Crippen MR) is 98.4 cm³/mol. The predicted octanol–water partition coefficient (Wildman–Crippen LogP) is 3.24. The minimum atomic E-state index is -0.145. The summed E-state index contributed by atoms with van der Waals surface area (Å²) in [5.41, 5.74) is 3.53. The van der Waals surface area contributed by atoms with Crippen LogP contribution in [-0.4, -0.2) is 29.3 Å². The van der Waals surface area contributed by atoms with Gasteiger partial charge < -0.3 is 15.4 Å². The zero-order chi connectivity index (χ0) is 17.6. The number of aromatic nitrogens is 2. The molecule has 0 atom stereocenters. The van der Waals surface area contributed by atoms with Crippen molar-refractivity contribution in [1.29, 1.82) is 0 Å². The van der Waals surface area contributed by atoms with Gasteiger partial charge >= 0.3 is 0 Å². The Morgan fingerprint density at radius 3 is 2.76 bits per heavy atom. The van der Waals surface area contributed by atoms with E-state index in [0.29, 0.717) is 11.4 Å². The normalized spacial score (nSPS) is 10.3. The molecule has 6 heteroatoms. The second-order valence-electron chi connectivity index (χ2n) is 5.55. The summed E-state index contributed by atoms with van der Waals surface area (Å²) in [6, 6.07) is 15.1. The molecule has 1 aromatic heterocycles. The van der Waals surface area contributed by atoms with E-state index in [4.69, 9.17) is 4.74 Å². The maximum atomic E-state index is 12.2. The number of rotatable bonds is 6. The molecule has 0 spiro atoms. The number of amides is 1. The molecule has 0 aliphatic rings. The first-order valence-electron chi connectivity index (χ1n) is 7.95. The summed E-state index contributed by atoms with van der Waals surface area (Å²) < 4.78 is 7.02. The van der Waals surface area contributed by atoms with E-state index in [-0.39, 0.29) is 12.5 Å². The Balaban J connectivity index is 1.67. The van der Waals surface area contributed by atoms with Gasteiger partial charge in [0.05, 0.1) is 25.0 Å². The van der Waals surface area contributed by atoms with E-state index in [9.17, 15) is 4.79 Å². The van der Waals surface area contributed by atoms with Gasteiger partial charge in [-0.1, -0.05) is 18.2 Å². The maximum absolute atomic E-state index is 12.2. The summed E-state index contributed by atoms with van der Waals surface area (Å²) in [6.07, 6.45) is 3.61. The zero-order valence-electron chi connectivity index (χ0n) is 14.2. The highest BCUT2D eigenvalue weighted by Crippen LogP contribution is 2.23. The minimum absolute atomic E-state index is 0.145. The van der Waals surface area contributed by atoms with Crippen molar-refractivity contribution in [1.82, 2.24) is 9.78 Å². The first-order valence-corrected chi connectivity index (χ1v) is 7.95.